The molecular weight excluding hydrogens is 283 g/mol. The first-order valence-electron chi connectivity index (χ1n) is 6.36. The maximum Gasteiger partial charge on any atom is 0.308 e. The van der Waals surface area contributed by atoms with Gasteiger partial charge in [-0.1, -0.05) is 0 Å². The van der Waals surface area contributed by atoms with Gasteiger partial charge in [0.2, 0.25) is 0 Å². The number of aliphatic carboxylic acids is 1. The molecule has 1 atom stereocenters. The Morgan fingerprint density at radius 2 is 2.14 bits per heavy atom. The number of carboxylic acids is 1. The quantitative estimate of drug-likeness (QED) is 0.675. The molecule has 21 heavy (non-hydrogen) atoms. The van der Waals surface area contributed by atoms with Crippen LogP contribution in [0.25, 0.3) is 0 Å². The van der Waals surface area contributed by atoms with Gasteiger partial charge in [-0.2, -0.15) is 0 Å². The molecule has 1 fully saturated rings. The van der Waals surface area contributed by atoms with Crippen LogP contribution in [0.4, 0.5) is 10.1 Å². The van der Waals surface area contributed by atoms with E-state index in [1.165, 1.54) is 4.90 Å². The lowest BCUT2D eigenvalue weighted by molar-refractivity contribution is -0.385. The molecule has 1 heterocycles. The van der Waals surface area contributed by atoms with E-state index < -0.39 is 34.2 Å². The van der Waals surface area contributed by atoms with E-state index in [1.54, 1.807) is 0 Å². The maximum atomic E-state index is 13.8. The Bertz CT molecular complexity index is 604. The summed E-state index contributed by atoms with van der Waals surface area (Å²) in [5.74, 6) is -3.28. The van der Waals surface area contributed by atoms with E-state index in [-0.39, 0.29) is 12.1 Å². The minimum Gasteiger partial charge on any atom is -0.481 e. The number of halogens is 1. The van der Waals surface area contributed by atoms with Gasteiger partial charge in [0.25, 0.3) is 11.6 Å². The molecule has 2 rings (SSSR count). The van der Waals surface area contributed by atoms with Crippen molar-refractivity contribution in [1.82, 2.24) is 4.90 Å². The van der Waals surface area contributed by atoms with E-state index in [0.29, 0.717) is 25.5 Å². The lowest BCUT2D eigenvalue weighted by Gasteiger charge is -2.30. The molecule has 7 nitrogen and oxygen atoms in total. The number of benzene rings is 1. The Morgan fingerprint density at radius 1 is 1.43 bits per heavy atom. The average Bonchev–Trinajstić information content (AvgIpc) is 2.46. The molecule has 1 aliphatic heterocycles. The number of amides is 1. The number of nitro benzene ring substituents is 1. The summed E-state index contributed by atoms with van der Waals surface area (Å²) in [7, 11) is 0. The van der Waals surface area contributed by atoms with Gasteiger partial charge in [0, 0.05) is 19.2 Å². The fraction of sp³-hybridized carbons (Fsp3) is 0.385. The van der Waals surface area contributed by atoms with Gasteiger partial charge in [-0.3, -0.25) is 19.7 Å². The van der Waals surface area contributed by atoms with Crippen molar-refractivity contribution in [1.29, 1.82) is 0 Å². The molecule has 0 aromatic heterocycles. The number of rotatable bonds is 3. The molecule has 8 heteroatoms. The van der Waals surface area contributed by atoms with E-state index in [1.807, 2.05) is 0 Å². The van der Waals surface area contributed by atoms with Crippen molar-refractivity contribution in [2.24, 2.45) is 5.92 Å². The molecule has 0 spiro atoms. The predicted octanol–water partition coefficient (Wildman–Crippen LogP) is 1.67. The molecule has 0 saturated carbocycles. The van der Waals surface area contributed by atoms with Crippen molar-refractivity contribution in [2.45, 2.75) is 12.8 Å². The fourth-order valence-corrected chi connectivity index (χ4v) is 2.32. The van der Waals surface area contributed by atoms with Crippen LogP contribution >= 0.6 is 0 Å². The van der Waals surface area contributed by atoms with Crippen LogP contribution in [0.3, 0.4) is 0 Å². The second-order valence-electron chi connectivity index (χ2n) is 4.85. The van der Waals surface area contributed by atoms with Crippen LogP contribution in [-0.4, -0.2) is 39.9 Å². The molecular formula is C13H13FN2O5. The van der Waals surface area contributed by atoms with Crippen LogP contribution in [0.2, 0.25) is 0 Å². The third-order valence-electron chi connectivity index (χ3n) is 3.45. The summed E-state index contributed by atoms with van der Waals surface area (Å²) in [6.07, 6.45) is 0.999. The largest absolute Gasteiger partial charge is 0.481 e. The minimum absolute atomic E-state index is 0.0184. The zero-order chi connectivity index (χ0) is 15.6. The van der Waals surface area contributed by atoms with Crippen LogP contribution in [0, 0.1) is 21.8 Å². The SMILES string of the molecule is O=C(O)[C@@H]1CCCN(C(=O)c2ccc([N+](=O)[O-])cc2F)C1. The topological polar surface area (TPSA) is 101 Å². The summed E-state index contributed by atoms with van der Waals surface area (Å²) >= 11 is 0. The highest BCUT2D eigenvalue weighted by Crippen LogP contribution is 2.22. The number of hydrogen-bond acceptors (Lipinski definition) is 4. The number of hydrogen-bond donors (Lipinski definition) is 1. The first-order chi connectivity index (χ1) is 9.90. The van der Waals surface area contributed by atoms with E-state index in [9.17, 15) is 24.1 Å². The van der Waals surface area contributed by atoms with Crippen molar-refractivity contribution in [3.8, 4) is 0 Å². The first kappa shape index (κ1) is 14.9. The molecule has 1 aromatic rings. The zero-order valence-corrected chi connectivity index (χ0v) is 11.0. The molecule has 0 aliphatic carbocycles. The Morgan fingerprint density at radius 3 is 2.71 bits per heavy atom. The van der Waals surface area contributed by atoms with E-state index in [4.69, 9.17) is 5.11 Å². The van der Waals surface area contributed by atoms with Gasteiger partial charge in [-0.25, -0.2) is 4.39 Å². The fourth-order valence-electron chi connectivity index (χ4n) is 2.32. The molecule has 0 unspecified atom stereocenters. The Hall–Kier alpha value is -2.51. The van der Waals surface area contributed by atoms with Crippen LogP contribution in [0.1, 0.15) is 23.2 Å². The third kappa shape index (κ3) is 3.15. The van der Waals surface area contributed by atoms with Crippen LogP contribution in [0.15, 0.2) is 18.2 Å². The lowest BCUT2D eigenvalue weighted by Crippen LogP contribution is -2.42. The molecule has 112 valence electrons. The number of nitro groups is 1. The van der Waals surface area contributed by atoms with Gasteiger partial charge in [0.05, 0.1) is 22.5 Å². The van der Waals surface area contributed by atoms with E-state index in [0.717, 1.165) is 12.1 Å². The second kappa shape index (κ2) is 5.86. The highest BCUT2D eigenvalue weighted by Gasteiger charge is 2.30. The number of carboxylic acid groups (broad SMARTS) is 1. The van der Waals surface area contributed by atoms with E-state index >= 15 is 0 Å². The molecule has 1 saturated heterocycles. The molecule has 0 bridgehead atoms. The molecule has 1 aromatic carbocycles. The van der Waals surface area contributed by atoms with Crippen molar-refractivity contribution in [3.05, 3.63) is 39.7 Å². The van der Waals surface area contributed by atoms with Crippen molar-refractivity contribution in [3.63, 3.8) is 0 Å². The Kier molecular flexibility index (Phi) is 4.15. The zero-order valence-electron chi connectivity index (χ0n) is 11.0. The summed E-state index contributed by atoms with van der Waals surface area (Å²) in [5, 5.41) is 19.5. The summed E-state index contributed by atoms with van der Waals surface area (Å²) < 4.78 is 13.8. The number of non-ortho nitro benzene ring substituents is 1. The summed E-state index contributed by atoms with van der Waals surface area (Å²) in [6, 6.07) is 2.79. The lowest BCUT2D eigenvalue weighted by atomic mass is 9.97. The summed E-state index contributed by atoms with van der Waals surface area (Å²) in [4.78, 5) is 34.2. The molecule has 1 aliphatic rings. The van der Waals surface area contributed by atoms with Gasteiger partial charge in [0.1, 0.15) is 5.82 Å². The van der Waals surface area contributed by atoms with Crippen LogP contribution in [0.5, 0.6) is 0 Å². The van der Waals surface area contributed by atoms with Gasteiger partial charge in [0.15, 0.2) is 0 Å². The summed E-state index contributed by atoms with van der Waals surface area (Å²) in [5.41, 5.74) is -0.724. The summed E-state index contributed by atoms with van der Waals surface area (Å²) in [6.45, 7) is 0.365. The molecule has 1 N–H and O–H groups in total. The van der Waals surface area contributed by atoms with Crippen LogP contribution < -0.4 is 0 Å². The van der Waals surface area contributed by atoms with Gasteiger partial charge < -0.3 is 10.0 Å². The van der Waals surface area contributed by atoms with Gasteiger partial charge in [-0.15, -0.1) is 0 Å². The van der Waals surface area contributed by atoms with Gasteiger partial charge >= 0.3 is 5.97 Å². The number of carbonyl (C=O) groups is 2. The highest BCUT2D eigenvalue weighted by atomic mass is 19.1. The smallest absolute Gasteiger partial charge is 0.308 e. The van der Waals surface area contributed by atoms with Crippen molar-refractivity contribution in [2.75, 3.05) is 13.1 Å². The average molecular weight is 296 g/mol. The normalized spacial score (nSPS) is 18.3. The highest BCUT2D eigenvalue weighted by molar-refractivity contribution is 5.95. The molecule has 0 radical (unpaired) electrons. The van der Waals surface area contributed by atoms with Crippen LogP contribution in [-0.2, 0) is 4.79 Å². The minimum atomic E-state index is -0.989. The predicted molar refractivity (Wildman–Crippen MR) is 69.3 cm³/mol. The molecule has 1 amide bonds. The number of likely N-dealkylation sites (tertiary alicyclic amines) is 1. The number of piperidine rings is 1. The number of nitrogens with zero attached hydrogens (tertiary/aromatic N) is 2. The monoisotopic (exact) mass is 296 g/mol. The third-order valence-corrected chi connectivity index (χ3v) is 3.45. The standard InChI is InChI=1S/C13H13FN2O5/c14-11-6-9(16(20)21)3-4-10(11)12(17)15-5-1-2-8(7-15)13(18)19/h3-4,6,8H,1-2,5,7H2,(H,18,19)/t8-/m1/s1. The van der Waals surface area contributed by atoms with Crippen molar-refractivity contribution < 1.29 is 24.0 Å². The first-order valence-corrected chi connectivity index (χ1v) is 6.36. The Balaban J connectivity index is 2.20. The Labute approximate surface area is 119 Å². The van der Waals surface area contributed by atoms with Crippen molar-refractivity contribution >= 4 is 17.6 Å². The second-order valence-corrected chi connectivity index (χ2v) is 4.85. The number of carbonyl (C=O) groups excluding carboxylic acids is 1. The van der Waals surface area contributed by atoms with Gasteiger partial charge in [-0.05, 0) is 18.9 Å². The maximum absolute atomic E-state index is 13.8. The van der Waals surface area contributed by atoms with E-state index in [2.05, 4.69) is 0 Å².